The van der Waals surface area contributed by atoms with Gasteiger partial charge in [0, 0.05) is 16.9 Å². The van der Waals surface area contributed by atoms with Gasteiger partial charge in [0.25, 0.3) is 0 Å². The van der Waals surface area contributed by atoms with Gasteiger partial charge in [-0.25, -0.2) is 13.9 Å². The molecule has 0 saturated carbocycles. The van der Waals surface area contributed by atoms with Gasteiger partial charge in [-0.05, 0) is 19.1 Å². The van der Waals surface area contributed by atoms with E-state index in [0.29, 0.717) is 27.5 Å². The summed E-state index contributed by atoms with van der Waals surface area (Å²) in [4.78, 5) is 12.7. The number of benzene rings is 1. The number of aromatic nitrogens is 2. The number of thioether (sulfide) groups is 1. The molecule has 0 amide bonds. The van der Waals surface area contributed by atoms with Crippen LogP contribution in [0.5, 0.6) is 0 Å². The van der Waals surface area contributed by atoms with Crippen molar-refractivity contribution in [1.82, 2.24) is 9.78 Å². The van der Waals surface area contributed by atoms with Gasteiger partial charge in [0.2, 0.25) is 0 Å². The molecule has 4 nitrogen and oxygen atoms in total. The first-order chi connectivity index (χ1) is 12.1. The zero-order valence-electron chi connectivity index (χ0n) is 13.8. The maximum absolute atomic E-state index is 13.9. The number of hydrogen-bond acceptors (Lipinski definition) is 4. The second-order valence-electron chi connectivity index (χ2n) is 5.28. The van der Waals surface area contributed by atoms with Gasteiger partial charge in [-0.1, -0.05) is 37.4 Å². The van der Waals surface area contributed by atoms with Crippen LogP contribution in [0.15, 0.2) is 60.3 Å². The van der Waals surface area contributed by atoms with Crippen LogP contribution in [-0.2, 0) is 10.5 Å². The van der Waals surface area contributed by atoms with E-state index in [1.807, 2.05) is 30.3 Å². The number of ether oxygens (including phenoxy) is 1. The number of esters is 1. The summed E-state index contributed by atoms with van der Waals surface area (Å²) in [6.07, 6.45) is 1.57. The van der Waals surface area contributed by atoms with Crippen molar-refractivity contribution in [2.75, 3.05) is 6.61 Å². The second-order valence-corrected chi connectivity index (χ2v) is 6.27. The van der Waals surface area contributed by atoms with Crippen LogP contribution in [0.4, 0.5) is 4.39 Å². The zero-order chi connectivity index (χ0) is 18.0. The summed E-state index contributed by atoms with van der Waals surface area (Å²) in [7, 11) is 0. The number of carbonyl (C=O) groups is 1. The molecule has 0 atom stereocenters. The van der Waals surface area contributed by atoms with Crippen LogP contribution in [0, 0.1) is 0 Å². The van der Waals surface area contributed by atoms with E-state index in [1.54, 1.807) is 17.7 Å². The van der Waals surface area contributed by atoms with Gasteiger partial charge in [0.15, 0.2) is 5.69 Å². The maximum atomic E-state index is 13.9. The third-order valence-electron chi connectivity index (χ3n) is 3.76. The Balaban J connectivity index is 2.29. The van der Waals surface area contributed by atoms with Gasteiger partial charge < -0.3 is 4.74 Å². The van der Waals surface area contributed by atoms with E-state index < -0.39 is 11.8 Å². The summed E-state index contributed by atoms with van der Waals surface area (Å²) in [5, 5.41) is 4.47. The van der Waals surface area contributed by atoms with E-state index >= 15 is 0 Å². The van der Waals surface area contributed by atoms with Crippen molar-refractivity contribution < 1.29 is 13.9 Å². The predicted octanol–water partition coefficient (Wildman–Crippen LogP) is 4.68. The van der Waals surface area contributed by atoms with Gasteiger partial charge in [0.05, 0.1) is 22.9 Å². The molecule has 0 bridgehead atoms. The highest BCUT2D eigenvalue weighted by molar-refractivity contribution is 8.02. The Morgan fingerprint density at radius 1 is 1.44 bits per heavy atom. The molecule has 1 aromatic carbocycles. The first-order valence-electron chi connectivity index (χ1n) is 7.77. The number of hydrogen-bond donors (Lipinski definition) is 0. The highest BCUT2D eigenvalue weighted by Crippen LogP contribution is 2.43. The molecular weight excluding hydrogens is 339 g/mol. The lowest BCUT2D eigenvalue weighted by Crippen LogP contribution is -2.09. The molecular formula is C19H17FN2O2S. The van der Waals surface area contributed by atoms with Crippen LogP contribution in [0.25, 0.3) is 11.3 Å². The van der Waals surface area contributed by atoms with Crippen molar-refractivity contribution in [3.63, 3.8) is 0 Å². The Morgan fingerprint density at radius 2 is 2.16 bits per heavy atom. The first kappa shape index (κ1) is 17.2. The summed E-state index contributed by atoms with van der Waals surface area (Å²) in [6.45, 7) is 9.22. The van der Waals surface area contributed by atoms with E-state index in [2.05, 4.69) is 18.3 Å². The summed E-state index contributed by atoms with van der Waals surface area (Å²) in [6, 6.07) is 9.37. The summed E-state index contributed by atoms with van der Waals surface area (Å²) in [5.41, 5.74) is 2.95. The third-order valence-corrected chi connectivity index (χ3v) is 4.93. The molecule has 6 heteroatoms. The highest BCUT2D eigenvalue weighted by Gasteiger charge is 2.31. The molecule has 0 aliphatic carbocycles. The molecule has 0 radical (unpaired) electrons. The molecule has 0 N–H and O–H groups in total. The van der Waals surface area contributed by atoms with E-state index in [9.17, 15) is 9.18 Å². The average Bonchev–Trinajstić information content (AvgIpc) is 3.01. The molecule has 1 aliphatic heterocycles. The lowest BCUT2D eigenvalue weighted by atomic mass is 10.0. The Kier molecular flexibility index (Phi) is 4.90. The number of halogens is 1. The van der Waals surface area contributed by atoms with Gasteiger partial charge in [-0.3, -0.25) is 0 Å². The molecule has 25 heavy (non-hydrogen) atoms. The molecule has 0 fully saturated rings. The van der Waals surface area contributed by atoms with Gasteiger partial charge >= 0.3 is 5.97 Å². The van der Waals surface area contributed by atoms with E-state index in [-0.39, 0.29) is 12.3 Å². The van der Waals surface area contributed by atoms with Crippen LogP contribution < -0.4 is 0 Å². The number of nitrogens with zero attached hydrogens (tertiary/aromatic N) is 2. The summed E-state index contributed by atoms with van der Waals surface area (Å²) in [5.74, 6) is -0.602. The van der Waals surface area contributed by atoms with Crippen LogP contribution in [0.2, 0.25) is 0 Å². The van der Waals surface area contributed by atoms with Gasteiger partial charge in [-0.2, -0.15) is 5.10 Å². The predicted molar refractivity (Wildman–Crippen MR) is 98.2 cm³/mol. The smallest absolute Gasteiger partial charge is 0.359 e. The first-order valence-corrected chi connectivity index (χ1v) is 8.76. The Morgan fingerprint density at radius 3 is 2.76 bits per heavy atom. The fourth-order valence-corrected chi connectivity index (χ4v) is 3.78. The number of rotatable bonds is 5. The molecule has 0 spiro atoms. The largest absolute Gasteiger partial charge is 0.461 e. The molecule has 0 unspecified atom stereocenters. The SMILES string of the molecule is C=CC1=C(C(=C)F)SCc2c(C(=O)OCC)nn(-c3ccccc3)c21. The van der Waals surface area contributed by atoms with Gasteiger partial charge in [-0.15, -0.1) is 11.8 Å². The Bertz CT molecular complexity index is 884. The topological polar surface area (TPSA) is 44.1 Å². The van der Waals surface area contributed by atoms with Crippen molar-refractivity contribution in [2.45, 2.75) is 12.7 Å². The second kappa shape index (κ2) is 7.11. The number of carbonyl (C=O) groups excluding carboxylic acids is 1. The number of allylic oxidation sites excluding steroid dienone is 3. The molecule has 3 rings (SSSR count). The van der Waals surface area contributed by atoms with E-state index in [4.69, 9.17) is 4.74 Å². The minimum Gasteiger partial charge on any atom is -0.461 e. The molecule has 128 valence electrons. The summed E-state index contributed by atoms with van der Waals surface area (Å²) >= 11 is 1.28. The van der Waals surface area contributed by atoms with Crippen molar-refractivity contribution >= 4 is 23.3 Å². The van der Waals surface area contributed by atoms with Crippen molar-refractivity contribution in [1.29, 1.82) is 0 Å². The molecule has 2 heterocycles. The molecule has 0 saturated heterocycles. The number of fused-ring (bicyclic) bond motifs is 1. The molecule has 1 aliphatic rings. The van der Waals surface area contributed by atoms with E-state index in [1.165, 1.54) is 11.8 Å². The third kappa shape index (κ3) is 3.05. The fourth-order valence-electron chi connectivity index (χ4n) is 2.73. The van der Waals surface area contributed by atoms with Crippen LogP contribution in [0.3, 0.4) is 0 Å². The molecule has 1 aromatic heterocycles. The van der Waals surface area contributed by atoms with Crippen LogP contribution >= 0.6 is 11.8 Å². The van der Waals surface area contributed by atoms with E-state index in [0.717, 1.165) is 5.69 Å². The van der Waals surface area contributed by atoms with Crippen molar-refractivity contribution in [3.8, 4) is 5.69 Å². The Labute approximate surface area is 149 Å². The van der Waals surface area contributed by atoms with Crippen LogP contribution in [0.1, 0.15) is 28.7 Å². The van der Waals surface area contributed by atoms with Crippen molar-refractivity contribution in [3.05, 3.63) is 77.2 Å². The standard InChI is InChI=1S/C19H17FN2O2S/c1-4-14-17-15(11-25-18(14)12(3)20)16(19(23)24-5-2)21-22(17)13-9-7-6-8-10-13/h4,6-10H,1,3,5,11H2,2H3. The Hall–Kier alpha value is -2.60. The monoisotopic (exact) mass is 356 g/mol. The minimum absolute atomic E-state index is 0.246. The van der Waals surface area contributed by atoms with Crippen LogP contribution in [-0.4, -0.2) is 22.4 Å². The lowest BCUT2D eigenvalue weighted by Gasteiger charge is -2.19. The van der Waals surface area contributed by atoms with Gasteiger partial charge in [0.1, 0.15) is 5.83 Å². The van der Waals surface area contributed by atoms with Crippen molar-refractivity contribution in [2.24, 2.45) is 0 Å². The summed E-state index contributed by atoms with van der Waals surface area (Å²) < 4.78 is 20.7. The normalized spacial score (nSPS) is 13.4. The minimum atomic E-state index is -0.524. The number of para-hydroxylation sites is 1. The maximum Gasteiger partial charge on any atom is 0.359 e. The highest BCUT2D eigenvalue weighted by atomic mass is 32.2. The average molecular weight is 356 g/mol. The quantitative estimate of drug-likeness (QED) is 0.730. The lowest BCUT2D eigenvalue weighted by molar-refractivity contribution is 0.0518. The fraction of sp³-hybridized carbons (Fsp3) is 0.158. The zero-order valence-corrected chi connectivity index (χ0v) is 14.6. The molecule has 2 aromatic rings.